The van der Waals surface area contributed by atoms with Crippen molar-refractivity contribution in [3.8, 4) is 0 Å². The molecule has 0 amide bonds. The zero-order valence-electron chi connectivity index (χ0n) is 11.2. The number of hydrogen-bond donors (Lipinski definition) is 2. The molecule has 19 heavy (non-hydrogen) atoms. The average molecular weight is 284 g/mol. The molecule has 0 spiro atoms. The summed E-state index contributed by atoms with van der Waals surface area (Å²) in [4.78, 5) is 0.138. The lowest BCUT2D eigenvalue weighted by Gasteiger charge is -2.36. The number of primary sulfonamides is 1. The molecule has 1 aliphatic heterocycles. The van der Waals surface area contributed by atoms with E-state index in [1.54, 1.807) is 18.2 Å². The number of ether oxygens (including phenoxy) is 1. The Morgan fingerprint density at radius 2 is 2.05 bits per heavy atom. The van der Waals surface area contributed by atoms with Crippen molar-refractivity contribution in [2.75, 3.05) is 11.9 Å². The second-order valence-corrected chi connectivity index (χ2v) is 7.01. The highest BCUT2D eigenvalue weighted by molar-refractivity contribution is 7.89. The topological polar surface area (TPSA) is 81.4 Å². The summed E-state index contributed by atoms with van der Waals surface area (Å²) in [5, 5.41) is 8.50. The van der Waals surface area contributed by atoms with E-state index >= 15 is 0 Å². The van der Waals surface area contributed by atoms with Gasteiger partial charge in [0, 0.05) is 12.6 Å². The number of nitrogens with one attached hydrogen (secondary N) is 1. The fourth-order valence-corrected chi connectivity index (χ4v) is 3.11. The molecule has 6 heteroatoms. The monoisotopic (exact) mass is 284 g/mol. The summed E-state index contributed by atoms with van der Waals surface area (Å²) >= 11 is 0. The second kappa shape index (κ2) is 5.11. The number of benzene rings is 1. The van der Waals surface area contributed by atoms with E-state index in [-0.39, 0.29) is 16.5 Å². The molecule has 2 rings (SSSR count). The van der Waals surface area contributed by atoms with Gasteiger partial charge >= 0.3 is 0 Å². The predicted molar refractivity (Wildman–Crippen MR) is 74.5 cm³/mol. The van der Waals surface area contributed by atoms with Crippen molar-refractivity contribution in [3.63, 3.8) is 0 Å². The molecule has 1 aromatic rings. The van der Waals surface area contributed by atoms with Crippen molar-refractivity contribution in [1.82, 2.24) is 0 Å². The van der Waals surface area contributed by atoms with Gasteiger partial charge in [-0.1, -0.05) is 12.1 Å². The lowest BCUT2D eigenvalue weighted by molar-refractivity contribution is -0.0553. The minimum absolute atomic E-state index is 0.138. The number of rotatable bonds is 3. The van der Waals surface area contributed by atoms with Crippen LogP contribution in [0, 0.1) is 0 Å². The van der Waals surface area contributed by atoms with Crippen LogP contribution < -0.4 is 10.5 Å². The Morgan fingerprint density at radius 1 is 1.37 bits per heavy atom. The van der Waals surface area contributed by atoms with Crippen LogP contribution in [0.1, 0.15) is 26.7 Å². The van der Waals surface area contributed by atoms with E-state index in [0.717, 1.165) is 12.8 Å². The molecule has 1 aromatic carbocycles. The normalized spacial score (nSPS) is 23.0. The summed E-state index contributed by atoms with van der Waals surface area (Å²) in [6.45, 7) is 4.74. The van der Waals surface area contributed by atoms with Crippen molar-refractivity contribution in [1.29, 1.82) is 0 Å². The molecular weight excluding hydrogens is 264 g/mol. The molecule has 0 aliphatic carbocycles. The van der Waals surface area contributed by atoms with E-state index in [4.69, 9.17) is 9.88 Å². The van der Waals surface area contributed by atoms with Crippen LogP contribution in [0.25, 0.3) is 0 Å². The Balaban J connectivity index is 2.20. The lowest BCUT2D eigenvalue weighted by atomic mass is 9.94. The smallest absolute Gasteiger partial charge is 0.240 e. The Kier molecular flexibility index (Phi) is 3.85. The third kappa shape index (κ3) is 3.68. The van der Waals surface area contributed by atoms with E-state index < -0.39 is 10.0 Å². The Hall–Kier alpha value is -1.11. The van der Waals surface area contributed by atoms with Gasteiger partial charge < -0.3 is 10.1 Å². The Bertz CT molecular complexity index is 555. The van der Waals surface area contributed by atoms with Gasteiger partial charge in [0.25, 0.3) is 0 Å². The highest BCUT2D eigenvalue weighted by Gasteiger charge is 2.29. The number of para-hydroxylation sites is 1. The maximum atomic E-state index is 11.5. The van der Waals surface area contributed by atoms with E-state index in [1.807, 2.05) is 13.8 Å². The summed E-state index contributed by atoms with van der Waals surface area (Å²) in [6, 6.07) is 6.90. The molecule has 0 saturated carbocycles. The molecule has 1 atom stereocenters. The minimum atomic E-state index is -3.71. The average Bonchev–Trinajstić information content (AvgIpc) is 2.26. The SMILES string of the molecule is CC1(C)CC(Nc2ccccc2S(N)(=O)=O)CCO1. The summed E-state index contributed by atoms with van der Waals surface area (Å²) in [7, 11) is -3.71. The molecule has 1 saturated heterocycles. The van der Waals surface area contributed by atoms with Crippen molar-refractivity contribution >= 4 is 15.7 Å². The van der Waals surface area contributed by atoms with E-state index in [0.29, 0.717) is 12.3 Å². The summed E-state index contributed by atoms with van der Waals surface area (Å²) in [6.07, 6.45) is 1.67. The molecule has 1 unspecified atom stereocenters. The molecular formula is C13H20N2O3S. The molecule has 5 nitrogen and oxygen atoms in total. The van der Waals surface area contributed by atoms with Gasteiger partial charge in [-0.25, -0.2) is 13.6 Å². The van der Waals surface area contributed by atoms with Crippen LogP contribution in [-0.4, -0.2) is 26.7 Å². The Morgan fingerprint density at radius 3 is 2.68 bits per heavy atom. The summed E-state index contributed by atoms with van der Waals surface area (Å²) < 4.78 is 28.7. The first-order valence-electron chi connectivity index (χ1n) is 6.30. The van der Waals surface area contributed by atoms with Crippen LogP contribution >= 0.6 is 0 Å². The highest BCUT2D eigenvalue weighted by atomic mass is 32.2. The first-order valence-corrected chi connectivity index (χ1v) is 7.85. The van der Waals surface area contributed by atoms with Gasteiger partial charge in [-0.2, -0.15) is 0 Å². The number of nitrogens with two attached hydrogens (primary N) is 1. The molecule has 1 aliphatic rings. The molecule has 0 radical (unpaired) electrons. The first kappa shape index (κ1) is 14.3. The summed E-state index contributed by atoms with van der Waals surface area (Å²) in [5.41, 5.74) is 0.375. The minimum Gasteiger partial charge on any atom is -0.381 e. The number of anilines is 1. The molecule has 1 heterocycles. The largest absolute Gasteiger partial charge is 0.381 e. The van der Waals surface area contributed by atoms with E-state index in [1.165, 1.54) is 6.07 Å². The zero-order valence-corrected chi connectivity index (χ0v) is 12.0. The third-order valence-electron chi connectivity index (χ3n) is 3.25. The van der Waals surface area contributed by atoms with Gasteiger partial charge in [0.05, 0.1) is 11.3 Å². The van der Waals surface area contributed by atoms with Gasteiger partial charge in [-0.15, -0.1) is 0 Å². The van der Waals surface area contributed by atoms with E-state index in [2.05, 4.69) is 5.32 Å². The molecule has 106 valence electrons. The van der Waals surface area contributed by atoms with E-state index in [9.17, 15) is 8.42 Å². The van der Waals surface area contributed by atoms with Gasteiger partial charge in [-0.3, -0.25) is 0 Å². The maximum absolute atomic E-state index is 11.5. The predicted octanol–water partition coefficient (Wildman–Crippen LogP) is 1.70. The fraction of sp³-hybridized carbons (Fsp3) is 0.538. The zero-order chi connectivity index (χ0) is 14.1. The Labute approximate surface area is 114 Å². The van der Waals surface area contributed by atoms with Crippen LogP contribution in [0.15, 0.2) is 29.2 Å². The highest BCUT2D eigenvalue weighted by Crippen LogP contribution is 2.28. The maximum Gasteiger partial charge on any atom is 0.240 e. The van der Waals surface area contributed by atoms with Crippen molar-refractivity contribution < 1.29 is 13.2 Å². The standard InChI is InChI=1S/C13H20N2O3S/c1-13(2)9-10(7-8-18-13)15-11-5-3-4-6-12(11)19(14,16)17/h3-6,10,15H,7-9H2,1-2H3,(H2,14,16,17). The van der Waals surface area contributed by atoms with Crippen LogP contribution in [0.2, 0.25) is 0 Å². The van der Waals surface area contributed by atoms with Gasteiger partial charge in [-0.05, 0) is 38.8 Å². The van der Waals surface area contributed by atoms with Crippen LogP contribution in [0.5, 0.6) is 0 Å². The van der Waals surface area contributed by atoms with Crippen molar-refractivity contribution in [3.05, 3.63) is 24.3 Å². The number of sulfonamides is 1. The van der Waals surface area contributed by atoms with Crippen LogP contribution in [0.4, 0.5) is 5.69 Å². The van der Waals surface area contributed by atoms with Crippen molar-refractivity contribution in [2.45, 2.75) is 43.2 Å². The van der Waals surface area contributed by atoms with Gasteiger partial charge in [0.1, 0.15) is 4.90 Å². The number of hydrogen-bond acceptors (Lipinski definition) is 4. The quantitative estimate of drug-likeness (QED) is 0.885. The first-order chi connectivity index (χ1) is 8.78. The van der Waals surface area contributed by atoms with Gasteiger partial charge in [0.15, 0.2) is 0 Å². The van der Waals surface area contributed by atoms with Crippen molar-refractivity contribution in [2.24, 2.45) is 5.14 Å². The lowest BCUT2D eigenvalue weighted by Crippen LogP contribution is -2.40. The molecule has 0 aromatic heterocycles. The summed E-state index contributed by atoms with van der Waals surface area (Å²) in [5.74, 6) is 0. The fourth-order valence-electron chi connectivity index (χ4n) is 2.41. The van der Waals surface area contributed by atoms with Crippen LogP contribution in [-0.2, 0) is 14.8 Å². The third-order valence-corrected chi connectivity index (χ3v) is 4.22. The molecule has 0 bridgehead atoms. The van der Waals surface area contributed by atoms with Crippen LogP contribution in [0.3, 0.4) is 0 Å². The molecule has 3 N–H and O–H groups in total. The van der Waals surface area contributed by atoms with Gasteiger partial charge in [0.2, 0.25) is 10.0 Å². The molecule has 1 fully saturated rings. The second-order valence-electron chi connectivity index (χ2n) is 5.48.